The van der Waals surface area contributed by atoms with Gasteiger partial charge in [-0.15, -0.1) is 0 Å². The average molecular weight is 635 g/mol. The molecule has 2 aromatic heterocycles. The van der Waals surface area contributed by atoms with Crippen LogP contribution in [0, 0.1) is 0 Å². The molecule has 0 amide bonds. The Labute approximate surface area is 288 Å². The molecule has 0 saturated carbocycles. The SMILES string of the molecule is c1ccc(-n2c3ccccc3c3ccc4c5ccccc5n(-c5ccc(-c6ccc7c8ccccc8c8ccccc8c7c6)cc5)c4c32)cc1. The second-order valence-electron chi connectivity index (χ2n) is 13.3. The number of aromatic nitrogens is 2. The van der Waals surface area contributed by atoms with E-state index in [1.807, 2.05) is 0 Å². The van der Waals surface area contributed by atoms with Crippen molar-refractivity contribution in [1.29, 1.82) is 0 Å². The van der Waals surface area contributed by atoms with Crippen molar-refractivity contribution in [2.24, 2.45) is 0 Å². The summed E-state index contributed by atoms with van der Waals surface area (Å²) in [6, 6.07) is 66.7. The van der Waals surface area contributed by atoms with Crippen LogP contribution in [0.2, 0.25) is 0 Å². The monoisotopic (exact) mass is 634 g/mol. The predicted octanol–water partition coefficient (Wildman–Crippen LogP) is 13.0. The van der Waals surface area contributed by atoms with Crippen molar-refractivity contribution in [2.45, 2.75) is 0 Å². The van der Waals surface area contributed by atoms with Gasteiger partial charge >= 0.3 is 0 Å². The molecule has 11 aromatic rings. The van der Waals surface area contributed by atoms with Crippen molar-refractivity contribution in [1.82, 2.24) is 9.13 Å². The normalized spacial score (nSPS) is 12.0. The lowest BCUT2D eigenvalue weighted by Crippen LogP contribution is -1.98. The van der Waals surface area contributed by atoms with E-state index in [0.717, 1.165) is 11.4 Å². The first-order valence-corrected chi connectivity index (χ1v) is 17.3. The van der Waals surface area contributed by atoms with Crippen LogP contribution in [0.3, 0.4) is 0 Å². The van der Waals surface area contributed by atoms with E-state index in [2.05, 4.69) is 191 Å². The Morgan fingerprint density at radius 2 is 0.620 bits per heavy atom. The molecule has 0 spiro atoms. The lowest BCUT2D eigenvalue weighted by molar-refractivity contribution is 1.15. The van der Waals surface area contributed by atoms with Gasteiger partial charge in [-0.2, -0.15) is 0 Å². The molecule has 232 valence electrons. The summed E-state index contributed by atoms with van der Waals surface area (Å²) in [5, 5.41) is 12.8. The van der Waals surface area contributed by atoms with Crippen LogP contribution in [0.4, 0.5) is 0 Å². The van der Waals surface area contributed by atoms with E-state index >= 15 is 0 Å². The van der Waals surface area contributed by atoms with Gasteiger partial charge in [0.2, 0.25) is 0 Å². The van der Waals surface area contributed by atoms with E-state index < -0.39 is 0 Å². The Morgan fingerprint density at radius 3 is 1.16 bits per heavy atom. The lowest BCUT2D eigenvalue weighted by Gasteiger charge is -2.14. The molecule has 0 radical (unpaired) electrons. The Bertz CT molecular complexity index is 3090. The number of nitrogens with zero attached hydrogens (tertiary/aromatic N) is 2. The van der Waals surface area contributed by atoms with Gasteiger partial charge in [0.1, 0.15) is 0 Å². The molecule has 2 heterocycles. The molecule has 0 bridgehead atoms. The largest absolute Gasteiger partial charge is 0.307 e. The molecule has 0 atom stereocenters. The summed E-state index contributed by atoms with van der Waals surface area (Å²) in [6.07, 6.45) is 0. The number of hydrogen-bond acceptors (Lipinski definition) is 0. The first kappa shape index (κ1) is 27.3. The summed E-state index contributed by atoms with van der Waals surface area (Å²) < 4.78 is 4.91. The molecule has 0 unspecified atom stereocenters. The first-order valence-electron chi connectivity index (χ1n) is 17.3. The van der Waals surface area contributed by atoms with Crippen molar-refractivity contribution < 1.29 is 0 Å². The molecule has 0 aliphatic carbocycles. The number of rotatable bonds is 3. The topological polar surface area (TPSA) is 9.86 Å². The minimum absolute atomic E-state index is 1.15. The summed E-state index contributed by atoms with van der Waals surface area (Å²) in [5.74, 6) is 0. The van der Waals surface area contributed by atoms with E-state index in [-0.39, 0.29) is 0 Å². The third-order valence-electron chi connectivity index (χ3n) is 10.7. The zero-order valence-electron chi connectivity index (χ0n) is 27.2. The van der Waals surface area contributed by atoms with E-state index in [9.17, 15) is 0 Å². The zero-order valence-corrected chi connectivity index (χ0v) is 27.2. The summed E-state index contributed by atoms with van der Waals surface area (Å²) in [5.41, 5.74) is 9.60. The molecular weight excluding hydrogens is 605 g/mol. The summed E-state index contributed by atoms with van der Waals surface area (Å²) >= 11 is 0. The molecule has 2 heteroatoms. The van der Waals surface area contributed by atoms with E-state index in [0.29, 0.717) is 0 Å². The van der Waals surface area contributed by atoms with E-state index in [1.54, 1.807) is 0 Å². The quantitative estimate of drug-likeness (QED) is 0.171. The summed E-state index contributed by atoms with van der Waals surface area (Å²) in [6.45, 7) is 0. The Hall–Kier alpha value is -6.64. The average Bonchev–Trinajstić information content (AvgIpc) is 3.71. The molecule has 9 aromatic carbocycles. The Balaban J connectivity index is 1.16. The smallest absolute Gasteiger partial charge is 0.0788 e. The van der Waals surface area contributed by atoms with Crippen LogP contribution in [0.25, 0.3) is 98.4 Å². The molecule has 0 fully saturated rings. The fraction of sp³-hybridized carbons (Fsp3) is 0. The van der Waals surface area contributed by atoms with Crippen molar-refractivity contribution in [3.8, 4) is 22.5 Å². The molecule has 11 rings (SSSR count). The van der Waals surface area contributed by atoms with Crippen LogP contribution >= 0.6 is 0 Å². The highest BCUT2D eigenvalue weighted by atomic mass is 15.0. The highest BCUT2D eigenvalue weighted by Crippen LogP contribution is 2.42. The number of hydrogen-bond donors (Lipinski definition) is 0. The fourth-order valence-electron chi connectivity index (χ4n) is 8.50. The molecule has 0 aliphatic rings. The van der Waals surface area contributed by atoms with Crippen LogP contribution in [0.1, 0.15) is 0 Å². The Morgan fingerprint density at radius 1 is 0.240 bits per heavy atom. The highest BCUT2D eigenvalue weighted by molar-refractivity contribution is 6.26. The third-order valence-corrected chi connectivity index (χ3v) is 10.7. The minimum atomic E-state index is 1.15. The van der Waals surface area contributed by atoms with Gasteiger partial charge < -0.3 is 9.13 Å². The van der Waals surface area contributed by atoms with Crippen LogP contribution in [-0.2, 0) is 0 Å². The predicted molar refractivity (Wildman–Crippen MR) is 213 cm³/mol. The second kappa shape index (κ2) is 10.4. The molecule has 0 N–H and O–H groups in total. The van der Waals surface area contributed by atoms with Gasteiger partial charge in [-0.3, -0.25) is 0 Å². The maximum absolute atomic E-state index is 2.47. The molecular formula is C48H30N2. The standard InChI is InChI=1S/C48H30N2/c1-2-12-33(13-3-1)49-45-20-10-8-18-40(45)42-28-29-43-41-19-9-11-21-46(41)50(48(43)47(42)49)34-25-22-31(23-26-34)32-24-27-39-37-16-5-4-14-35(37)36-15-6-7-17-38(36)44(39)30-32/h1-30H. The number of para-hydroxylation sites is 3. The third kappa shape index (κ3) is 3.79. The van der Waals surface area contributed by atoms with Crippen LogP contribution in [0.5, 0.6) is 0 Å². The maximum atomic E-state index is 2.47. The zero-order chi connectivity index (χ0) is 32.8. The number of fused-ring (bicyclic) bond motifs is 13. The molecule has 0 saturated heterocycles. The van der Waals surface area contributed by atoms with E-state index in [4.69, 9.17) is 0 Å². The van der Waals surface area contributed by atoms with Gasteiger partial charge in [0.25, 0.3) is 0 Å². The second-order valence-corrected chi connectivity index (χ2v) is 13.3. The van der Waals surface area contributed by atoms with Gasteiger partial charge in [-0.25, -0.2) is 0 Å². The number of benzene rings is 9. The van der Waals surface area contributed by atoms with Gasteiger partial charge in [0.15, 0.2) is 0 Å². The van der Waals surface area contributed by atoms with Gasteiger partial charge in [0.05, 0.1) is 22.1 Å². The van der Waals surface area contributed by atoms with Crippen molar-refractivity contribution in [3.05, 3.63) is 182 Å². The molecule has 2 nitrogen and oxygen atoms in total. The summed E-state index contributed by atoms with van der Waals surface area (Å²) in [7, 11) is 0. The maximum Gasteiger partial charge on any atom is 0.0788 e. The van der Waals surface area contributed by atoms with Crippen LogP contribution in [0.15, 0.2) is 182 Å². The van der Waals surface area contributed by atoms with Crippen molar-refractivity contribution in [3.63, 3.8) is 0 Å². The molecule has 0 aliphatic heterocycles. The minimum Gasteiger partial charge on any atom is -0.307 e. The van der Waals surface area contributed by atoms with Crippen LogP contribution < -0.4 is 0 Å². The highest BCUT2D eigenvalue weighted by Gasteiger charge is 2.21. The van der Waals surface area contributed by atoms with E-state index in [1.165, 1.54) is 87.1 Å². The Kier molecular flexibility index (Phi) is 5.70. The van der Waals surface area contributed by atoms with Crippen molar-refractivity contribution in [2.75, 3.05) is 0 Å². The van der Waals surface area contributed by atoms with Gasteiger partial charge in [-0.1, -0.05) is 140 Å². The van der Waals surface area contributed by atoms with Gasteiger partial charge in [0, 0.05) is 32.9 Å². The summed E-state index contributed by atoms with van der Waals surface area (Å²) in [4.78, 5) is 0. The molecule has 50 heavy (non-hydrogen) atoms. The van der Waals surface area contributed by atoms with Crippen molar-refractivity contribution >= 4 is 75.9 Å². The first-order chi connectivity index (χ1) is 24.8. The lowest BCUT2D eigenvalue weighted by atomic mass is 9.92. The fourth-order valence-corrected chi connectivity index (χ4v) is 8.50. The van der Waals surface area contributed by atoms with Gasteiger partial charge in [-0.05, 0) is 85.9 Å². The van der Waals surface area contributed by atoms with Crippen LogP contribution in [-0.4, -0.2) is 9.13 Å².